The second-order valence-electron chi connectivity index (χ2n) is 9.63. The van der Waals surface area contributed by atoms with Crippen molar-refractivity contribution in [3.05, 3.63) is 54.5 Å². The van der Waals surface area contributed by atoms with Gasteiger partial charge in [0.2, 0.25) is 5.78 Å². The first-order valence-electron chi connectivity index (χ1n) is 12.6. The van der Waals surface area contributed by atoms with Gasteiger partial charge in [0.25, 0.3) is 11.9 Å². The predicted octanol–water partition coefficient (Wildman–Crippen LogP) is 0.851. The van der Waals surface area contributed by atoms with Crippen molar-refractivity contribution < 1.29 is 14.3 Å². The highest BCUT2D eigenvalue weighted by atomic mass is 16.5. The van der Waals surface area contributed by atoms with Crippen molar-refractivity contribution in [2.75, 3.05) is 37.0 Å². The number of methoxy groups -OCH3 is 1. The van der Waals surface area contributed by atoms with Gasteiger partial charge < -0.3 is 19.9 Å². The molecule has 2 aliphatic heterocycles. The Morgan fingerprint density at radius 1 is 1.08 bits per heavy atom. The Bertz CT molecular complexity index is 1490. The van der Waals surface area contributed by atoms with E-state index in [0.717, 1.165) is 5.69 Å². The van der Waals surface area contributed by atoms with Crippen LogP contribution in [0.25, 0.3) is 11.5 Å². The highest BCUT2D eigenvalue weighted by molar-refractivity contribution is 6.39. The van der Waals surface area contributed by atoms with E-state index in [1.165, 1.54) is 18.0 Å². The molecule has 0 aliphatic carbocycles. The average Bonchev–Trinajstić information content (AvgIpc) is 3.73. The van der Waals surface area contributed by atoms with Gasteiger partial charge in [0, 0.05) is 37.3 Å². The number of pyridine rings is 1. The number of rotatable bonds is 6. The van der Waals surface area contributed by atoms with Crippen molar-refractivity contribution in [3.8, 4) is 17.3 Å². The summed E-state index contributed by atoms with van der Waals surface area (Å²) in [5.41, 5.74) is 2.04. The lowest BCUT2D eigenvalue weighted by atomic mass is 9.94. The van der Waals surface area contributed by atoms with E-state index in [9.17, 15) is 9.59 Å². The zero-order valence-corrected chi connectivity index (χ0v) is 21.7. The highest BCUT2D eigenvalue weighted by Gasteiger charge is 2.43. The Morgan fingerprint density at radius 3 is 2.54 bits per heavy atom. The third kappa shape index (κ3) is 4.13. The summed E-state index contributed by atoms with van der Waals surface area (Å²) >= 11 is 0. The first kappa shape index (κ1) is 24.5. The molecule has 1 amide bonds. The number of hydrogen-bond acceptors (Lipinski definition) is 11. The van der Waals surface area contributed by atoms with Crippen molar-refractivity contribution >= 4 is 23.3 Å². The summed E-state index contributed by atoms with van der Waals surface area (Å²) in [5, 5.41) is 23.4. The number of carbonyl (C=O) groups excluding carboxylic acids is 2. The number of anilines is 2. The van der Waals surface area contributed by atoms with Gasteiger partial charge in [0.05, 0.1) is 43.0 Å². The van der Waals surface area contributed by atoms with E-state index in [1.807, 2.05) is 49.1 Å². The van der Waals surface area contributed by atoms with Crippen molar-refractivity contribution in [1.29, 1.82) is 0 Å². The number of amides is 1. The number of tetrazole rings is 1. The first-order valence-corrected chi connectivity index (χ1v) is 12.6. The number of piperazine rings is 1. The number of nitrogens with zero attached hydrogens (tertiary/aromatic N) is 10. The summed E-state index contributed by atoms with van der Waals surface area (Å²) in [4.78, 5) is 35.6. The molecule has 1 aromatic carbocycles. The number of benzene rings is 1. The molecule has 2 aliphatic rings. The summed E-state index contributed by atoms with van der Waals surface area (Å²) in [6, 6.07) is 9.11. The molecule has 14 heteroatoms. The van der Waals surface area contributed by atoms with Crippen molar-refractivity contribution in [2.45, 2.75) is 31.8 Å². The molecule has 39 heavy (non-hydrogen) atoms. The molecule has 1 saturated heterocycles. The lowest BCUT2D eigenvalue weighted by Crippen LogP contribution is -2.61. The van der Waals surface area contributed by atoms with Crippen LogP contribution < -0.4 is 15.0 Å². The van der Waals surface area contributed by atoms with Gasteiger partial charge in [-0.3, -0.25) is 9.59 Å². The number of fused-ring (bicyclic) bond motifs is 1. The van der Waals surface area contributed by atoms with Crippen LogP contribution in [0.4, 0.5) is 11.6 Å². The predicted molar refractivity (Wildman–Crippen MR) is 139 cm³/mol. The maximum Gasteiger partial charge on any atom is 0.291 e. The van der Waals surface area contributed by atoms with Gasteiger partial charge in [0.15, 0.2) is 5.82 Å². The van der Waals surface area contributed by atoms with Crippen molar-refractivity contribution in [2.24, 2.45) is 0 Å². The highest BCUT2D eigenvalue weighted by Crippen LogP contribution is 2.42. The van der Waals surface area contributed by atoms with Crippen LogP contribution in [0.15, 0.2) is 48.9 Å². The summed E-state index contributed by atoms with van der Waals surface area (Å²) in [6.45, 7) is 5.05. The number of Topliss-reactive ketones (excluding diaryl/α,β-unsaturated/α-hetero) is 1. The van der Waals surface area contributed by atoms with Gasteiger partial charge in [0.1, 0.15) is 5.75 Å². The number of para-hydroxylation sites is 1. The Morgan fingerprint density at radius 2 is 1.85 bits per heavy atom. The minimum Gasteiger partial charge on any atom is -0.495 e. The molecule has 0 saturated carbocycles. The molecular formula is C25H27N11O3. The smallest absolute Gasteiger partial charge is 0.291 e. The van der Waals surface area contributed by atoms with Gasteiger partial charge in [-0.1, -0.05) is 28.5 Å². The number of aromatic nitrogens is 8. The Balaban J connectivity index is 1.24. The second-order valence-corrected chi connectivity index (χ2v) is 9.63. The fourth-order valence-electron chi connectivity index (χ4n) is 5.48. The van der Waals surface area contributed by atoms with E-state index in [1.54, 1.807) is 22.0 Å². The quantitative estimate of drug-likeness (QED) is 0.354. The standard InChI is InChI=1S/C25H27N11O3/c1-15-13-33(25-29-30-32-36(25)17-7-5-4-6-8-17)14-16(2)35(15)24(38)22(37)18-11-26-21-20(18)19(39-3)12-27-23(21)34-10-9-28-31-34/h4-10,12,15-16,18,26H,11,13-14H2,1-3H3. The zero-order valence-electron chi connectivity index (χ0n) is 21.7. The molecule has 3 atom stereocenters. The number of ether oxygens (including phenoxy) is 1. The molecule has 1 fully saturated rings. The first-order chi connectivity index (χ1) is 19.0. The minimum atomic E-state index is -0.726. The second kappa shape index (κ2) is 9.78. The summed E-state index contributed by atoms with van der Waals surface area (Å²) in [6.07, 6.45) is 4.74. The van der Waals surface area contributed by atoms with Gasteiger partial charge in [-0.2, -0.15) is 4.68 Å². The van der Waals surface area contributed by atoms with Crippen LogP contribution in [0.5, 0.6) is 5.75 Å². The number of hydrogen-bond donors (Lipinski definition) is 1. The summed E-state index contributed by atoms with van der Waals surface area (Å²) in [5.74, 6) is -0.253. The molecule has 14 nitrogen and oxygen atoms in total. The van der Waals surface area contributed by atoms with Crippen LogP contribution >= 0.6 is 0 Å². The van der Waals surface area contributed by atoms with Crippen LogP contribution in [0.1, 0.15) is 25.3 Å². The molecule has 3 aromatic heterocycles. The molecule has 200 valence electrons. The number of nitrogens with one attached hydrogen (secondary N) is 1. The van der Waals surface area contributed by atoms with Crippen LogP contribution in [-0.4, -0.2) is 95.6 Å². The van der Waals surface area contributed by atoms with Crippen LogP contribution in [0.3, 0.4) is 0 Å². The van der Waals surface area contributed by atoms with E-state index < -0.39 is 17.6 Å². The van der Waals surface area contributed by atoms with Crippen LogP contribution in [0.2, 0.25) is 0 Å². The maximum absolute atomic E-state index is 13.7. The summed E-state index contributed by atoms with van der Waals surface area (Å²) < 4.78 is 8.71. The fraction of sp³-hybridized carbons (Fsp3) is 0.360. The van der Waals surface area contributed by atoms with Crippen molar-refractivity contribution in [1.82, 2.24) is 45.1 Å². The number of carbonyl (C=O) groups is 2. The van der Waals surface area contributed by atoms with Crippen LogP contribution in [0, 0.1) is 0 Å². The molecule has 0 radical (unpaired) electrons. The van der Waals surface area contributed by atoms with Crippen LogP contribution in [-0.2, 0) is 9.59 Å². The number of ketones is 1. The molecule has 5 heterocycles. The average molecular weight is 530 g/mol. The summed E-state index contributed by atoms with van der Waals surface area (Å²) in [7, 11) is 1.51. The Labute approximate surface area is 223 Å². The van der Waals surface area contributed by atoms with Gasteiger partial charge >= 0.3 is 0 Å². The van der Waals surface area contributed by atoms with Crippen molar-refractivity contribution in [3.63, 3.8) is 0 Å². The minimum absolute atomic E-state index is 0.248. The maximum atomic E-state index is 13.7. The Hall–Kier alpha value is -4.88. The monoisotopic (exact) mass is 529 g/mol. The third-order valence-electron chi connectivity index (χ3n) is 7.17. The van der Waals surface area contributed by atoms with E-state index >= 15 is 0 Å². The van der Waals surface area contributed by atoms with Gasteiger partial charge in [-0.15, -0.1) is 5.10 Å². The van der Waals surface area contributed by atoms with E-state index in [4.69, 9.17) is 4.74 Å². The molecule has 3 unspecified atom stereocenters. The molecular weight excluding hydrogens is 502 g/mol. The normalized spacial score (nSPS) is 20.4. The molecule has 0 spiro atoms. The molecule has 0 bridgehead atoms. The SMILES string of the molecule is COc1cnc(-n2ccnn2)c2c1C(C(=O)C(=O)N1C(C)CN(c3nnnn3-c3ccccc3)CC1C)CN2. The third-order valence-corrected chi connectivity index (χ3v) is 7.17. The molecule has 6 rings (SSSR count). The van der Waals surface area contributed by atoms with E-state index in [-0.39, 0.29) is 18.6 Å². The molecule has 1 N–H and O–H groups in total. The Kier molecular flexibility index (Phi) is 6.13. The van der Waals surface area contributed by atoms with E-state index in [0.29, 0.717) is 41.9 Å². The fourth-order valence-corrected chi connectivity index (χ4v) is 5.48. The van der Waals surface area contributed by atoms with Gasteiger partial charge in [-0.25, -0.2) is 9.67 Å². The largest absolute Gasteiger partial charge is 0.495 e. The lowest BCUT2D eigenvalue weighted by molar-refractivity contribution is -0.148. The zero-order chi connectivity index (χ0) is 27.1. The van der Waals surface area contributed by atoms with Gasteiger partial charge in [-0.05, 0) is 36.4 Å². The molecule has 4 aromatic rings. The topological polar surface area (TPSA) is 149 Å². The lowest BCUT2D eigenvalue weighted by Gasteiger charge is -2.44. The van der Waals surface area contributed by atoms with E-state index in [2.05, 4.69) is 36.1 Å².